The Morgan fingerprint density at radius 2 is 2.17 bits per heavy atom. The zero-order valence-electron chi connectivity index (χ0n) is 10.7. The number of nitrogens with zero attached hydrogens (tertiary/aromatic N) is 2. The summed E-state index contributed by atoms with van der Waals surface area (Å²) in [5.74, 6) is -1.10. The Kier molecular flexibility index (Phi) is 3.41. The summed E-state index contributed by atoms with van der Waals surface area (Å²) >= 11 is 0. The molecule has 18 heavy (non-hydrogen) atoms. The molecule has 2 atom stereocenters. The summed E-state index contributed by atoms with van der Waals surface area (Å²) in [6.45, 7) is 2.41. The maximum atomic E-state index is 12.4. The van der Waals surface area contributed by atoms with Crippen molar-refractivity contribution in [2.45, 2.75) is 25.8 Å². The molecule has 0 bridgehead atoms. The second kappa shape index (κ2) is 4.84. The molecule has 2 heterocycles. The largest absolute Gasteiger partial charge is 0.480 e. The Hall–Kier alpha value is -1.78. The molecule has 1 aliphatic rings. The number of aliphatic carboxylic acids is 1. The summed E-state index contributed by atoms with van der Waals surface area (Å²) in [6.07, 6.45) is 3.51. The lowest BCUT2D eigenvalue weighted by molar-refractivity contribution is -0.145. The van der Waals surface area contributed by atoms with Crippen molar-refractivity contribution in [1.82, 2.24) is 9.47 Å². The van der Waals surface area contributed by atoms with Gasteiger partial charge in [0.15, 0.2) is 0 Å². The Morgan fingerprint density at radius 1 is 1.44 bits per heavy atom. The monoisotopic (exact) mass is 250 g/mol. The van der Waals surface area contributed by atoms with Crippen molar-refractivity contribution in [2.75, 3.05) is 6.54 Å². The molecular formula is C13H18N2O3. The first kappa shape index (κ1) is 12.7. The van der Waals surface area contributed by atoms with Gasteiger partial charge in [-0.25, -0.2) is 4.79 Å². The third kappa shape index (κ3) is 2.12. The third-order valence-electron chi connectivity index (χ3n) is 3.61. The summed E-state index contributed by atoms with van der Waals surface area (Å²) in [5.41, 5.74) is 0.537. The van der Waals surface area contributed by atoms with E-state index in [1.807, 2.05) is 6.92 Å². The van der Waals surface area contributed by atoms with Gasteiger partial charge in [-0.15, -0.1) is 0 Å². The fourth-order valence-corrected chi connectivity index (χ4v) is 2.62. The van der Waals surface area contributed by atoms with E-state index >= 15 is 0 Å². The lowest BCUT2D eigenvalue weighted by Crippen LogP contribution is -2.52. The minimum absolute atomic E-state index is 0.000434. The van der Waals surface area contributed by atoms with Crippen LogP contribution in [0.15, 0.2) is 18.3 Å². The average Bonchev–Trinajstić information content (AvgIpc) is 2.73. The molecule has 98 valence electrons. The first-order valence-corrected chi connectivity index (χ1v) is 6.17. The lowest BCUT2D eigenvalue weighted by atomic mass is 9.90. The zero-order valence-corrected chi connectivity index (χ0v) is 10.7. The number of rotatable bonds is 2. The molecule has 0 aliphatic carbocycles. The van der Waals surface area contributed by atoms with E-state index in [4.69, 9.17) is 0 Å². The van der Waals surface area contributed by atoms with E-state index in [-0.39, 0.29) is 11.8 Å². The van der Waals surface area contributed by atoms with Gasteiger partial charge in [0, 0.05) is 19.8 Å². The average molecular weight is 250 g/mol. The number of carboxylic acids is 1. The molecule has 1 aliphatic heterocycles. The fourth-order valence-electron chi connectivity index (χ4n) is 2.62. The second-order valence-electron chi connectivity index (χ2n) is 4.91. The van der Waals surface area contributed by atoms with Crippen molar-refractivity contribution < 1.29 is 14.7 Å². The highest BCUT2D eigenvalue weighted by molar-refractivity contribution is 5.95. The van der Waals surface area contributed by atoms with Crippen molar-refractivity contribution in [2.24, 2.45) is 13.0 Å². The smallest absolute Gasteiger partial charge is 0.326 e. The molecule has 1 fully saturated rings. The van der Waals surface area contributed by atoms with E-state index < -0.39 is 12.0 Å². The number of carbonyl (C=O) groups is 2. The van der Waals surface area contributed by atoms with Crippen LogP contribution in [0.2, 0.25) is 0 Å². The minimum Gasteiger partial charge on any atom is -0.480 e. The first-order valence-electron chi connectivity index (χ1n) is 6.17. The van der Waals surface area contributed by atoms with Crippen molar-refractivity contribution >= 4 is 11.9 Å². The summed E-state index contributed by atoms with van der Waals surface area (Å²) in [5, 5.41) is 9.29. The number of hydrogen-bond donors (Lipinski definition) is 1. The predicted molar refractivity (Wildman–Crippen MR) is 66.3 cm³/mol. The third-order valence-corrected chi connectivity index (χ3v) is 3.61. The highest BCUT2D eigenvalue weighted by Crippen LogP contribution is 2.25. The summed E-state index contributed by atoms with van der Waals surface area (Å²) in [6, 6.07) is 2.80. The molecule has 2 unspecified atom stereocenters. The maximum absolute atomic E-state index is 12.4. The van der Waals surface area contributed by atoms with Gasteiger partial charge in [0.1, 0.15) is 11.7 Å². The van der Waals surface area contributed by atoms with Crippen LogP contribution in [0.5, 0.6) is 0 Å². The van der Waals surface area contributed by atoms with Crippen molar-refractivity contribution in [3.05, 3.63) is 24.0 Å². The highest BCUT2D eigenvalue weighted by Gasteiger charge is 2.37. The molecule has 0 radical (unpaired) electrons. The number of aryl methyl sites for hydroxylation is 1. The van der Waals surface area contributed by atoms with Crippen LogP contribution in [-0.4, -0.2) is 39.0 Å². The van der Waals surface area contributed by atoms with Crippen LogP contribution < -0.4 is 0 Å². The molecule has 1 aromatic rings. The van der Waals surface area contributed by atoms with E-state index in [0.717, 1.165) is 12.8 Å². The van der Waals surface area contributed by atoms with E-state index in [0.29, 0.717) is 12.2 Å². The maximum Gasteiger partial charge on any atom is 0.326 e. The molecule has 2 rings (SSSR count). The Bertz CT molecular complexity index is 467. The van der Waals surface area contributed by atoms with Crippen molar-refractivity contribution in [3.8, 4) is 0 Å². The van der Waals surface area contributed by atoms with E-state index in [2.05, 4.69) is 0 Å². The molecule has 1 N–H and O–H groups in total. The number of hydrogen-bond acceptors (Lipinski definition) is 2. The predicted octanol–water partition coefficient (Wildman–Crippen LogP) is 1.35. The Labute approximate surface area is 106 Å². The van der Waals surface area contributed by atoms with Crippen molar-refractivity contribution in [3.63, 3.8) is 0 Å². The molecule has 5 heteroatoms. The lowest BCUT2D eigenvalue weighted by Gasteiger charge is -2.37. The van der Waals surface area contributed by atoms with Gasteiger partial charge in [-0.3, -0.25) is 4.79 Å². The first-order chi connectivity index (χ1) is 8.52. The minimum atomic E-state index is -0.912. The highest BCUT2D eigenvalue weighted by atomic mass is 16.4. The number of carbonyl (C=O) groups excluding carboxylic acids is 1. The summed E-state index contributed by atoms with van der Waals surface area (Å²) < 4.78 is 1.72. The molecular weight excluding hydrogens is 232 g/mol. The Morgan fingerprint density at radius 3 is 2.72 bits per heavy atom. The Balaban J connectivity index is 2.28. The van der Waals surface area contributed by atoms with Gasteiger partial charge in [0.05, 0.1) is 0 Å². The van der Waals surface area contributed by atoms with Crippen LogP contribution in [-0.2, 0) is 11.8 Å². The van der Waals surface area contributed by atoms with E-state index in [9.17, 15) is 14.7 Å². The molecule has 1 aromatic heterocycles. The summed E-state index contributed by atoms with van der Waals surface area (Å²) in [7, 11) is 1.79. The van der Waals surface area contributed by atoms with Gasteiger partial charge >= 0.3 is 5.97 Å². The van der Waals surface area contributed by atoms with Crippen LogP contribution in [0.3, 0.4) is 0 Å². The number of carboxylic acid groups (broad SMARTS) is 1. The van der Waals surface area contributed by atoms with Gasteiger partial charge in [-0.2, -0.15) is 0 Å². The molecule has 0 spiro atoms. The van der Waals surface area contributed by atoms with Crippen molar-refractivity contribution in [1.29, 1.82) is 0 Å². The van der Waals surface area contributed by atoms with Gasteiger partial charge < -0.3 is 14.6 Å². The molecule has 0 saturated carbocycles. The normalized spacial score (nSPS) is 24.0. The number of likely N-dealkylation sites (tertiary alicyclic amines) is 1. The standard InChI is InChI=1S/C13H18N2O3/c1-9-5-3-8-15(11(9)13(17)18)12(16)10-6-4-7-14(10)2/h4,6-7,9,11H,3,5,8H2,1-2H3,(H,17,18). The van der Waals surface area contributed by atoms with Crippen LogP contribution in [0.4, 0.5) is 0 Å². The molecule has 5 nitrogen and oxygen atoms in total. The number of piperidine rings is 1. The molecule has 0 aromatic carbocycles. The van der Waals surface area contributed by atoms with Gasteiger partial charge in [0.25, 0.3) is 5.91 Å². The fraction of sp³-hybridized carbons (Fsp3) is 0.538. The molecule has 1 saturated heterocycles. The van der Waals surface area contributed by atoms with E-state index in [1.165, 1.54) is 4.90 Å². The van der Waals surface area contributed by atoms with Gasteiger partial charge in [-0.05, 0) is 30.9 Å². The SMILES string of the molecule is CC1CCCN(C(=O)c2cccn2C)C1C(=O)O. The molecule has 1 amide bonds. The topological polar surface area (TPSA) is 62.5 Å². The number of amides is 1. The van der Waals surface area contributed by atoms with Crippen LogP contribution >= 0.6 is 0 Å². The van der Waals surface area contributed by atoms with E-state index in [1.54, 1.807) is 29.9 Å². The van der Waals surface area contributed by atoms with Crippen LogP contribution in [0.1, 0.15) is 30.3 Å². The van der Waals surface area contributed by atoms with Crippen LogP contribution in [0, 0.1) is 5.92 Å². The van der Waals surface area contributed by atoms with Gasteiger partial charge in [0.2, 0.25) is 0 Å². The quantitative estimate of drug-likeness (QED) is 0.861. The van der Waals surface area contributed by atoms with Crippen LogP contribution in [0.25, 0.3) is 0 Å². The number of aromatic nitrogens is 1. The zero-order chi connectivity index (χ0) is 13.3. The summed E-state index contributed by atoms with van der Waals surface area (Å²) in [4.78, 5) is 25.2. The second-order valence-corrected chi connectivity index (χ2v) is 4.91. The van der Waals surface area contributed by atoms with Gasteiger partial charge in [-0.1, -0.05) is 6.92 Å².